The lowest BCUT2D eigenvalue weighted by molar-refractivity contribution is 1.04. The molecule has 9 heavy (non-hydrogen) atoms. The molecule has 0 bridgehead atoms. The van der Waals surface area contributed by atoms with E-state index in [1.807, 2.05) is 0 Å². The zero-order valence-corrected chi connectivity index (χ0v) is 5.71. The van der Waals surface area contributed by atoms with Crippen LogP contribution in [0.5, 0.6) is 0 Å². The van der Waals surface area contributed by atoms with Gasteiger partial charge in [-0.05, 0) is 19.1 Å². The molecule has 2 N–H and O–H groups in total. The van der Waals surface area contributed by atoms with Gasteiger partial charge in [0.05, 0.1) is 0 Å². The van der Waals surface area contributed by atoms with E-state index in [2.05, 4.69) is 22.2 Å². The van der Waals surface area contributed by atoms with Gasteiger partial charge in [0.1, 0.15) is 0 Å². The van der Waals surface area contributed by atoms with Crippen molar-refractivity contribution in [3.63, 3.8) is 0 Å². The van der Waals surface area contributed by atoms with Gasteiger partial charge in [-0.25, -0.2) is 0 Å². The summed E-state index contributed by atoms with van der Waals surface area (Å²) in [6.45, 7) is 1.78. The Balaban J connectivity index is 3.52. The Labute approximate surface area is 56.8 Å². The van der Waals surface area contributed by atoms with Crippen molar-refractivity contribution in [1.29, 1.82) is 0 Å². The summed E-state index contributed by atoms with van der Waals surface area (Å²) in [6.07, 6.45) is 0. The summed E-state index contributed by atoms with van der Waals surface area (Å²) in [5, 5.41) is 0. The van der Waals surface area contributed by atoms with Crippen LogP contribution in [0, 0.1) is 11.7 Å². The van der Waals surface area contributed by atoms with Crippen LogP contribution < -0.4 is 5.56 Å². The fourth-order valence-electron chi connectivity index (χ4n) is 0.591. The molecule has 0 aliphatic heterocycles. The molecule has 0 aliphatic carbocycles. The third-order valence-corrected chi connectivity index (χ3v) is 1.10. The monoisotopic (exact) mass is 146 g/mol. The SMILES string of the molecule is [13CH3][13c]1[13cH][13c](=O)[nH]c(=S)[nH]1. The van der Waals surface area contributed by atoms with Gasteiger partial charge in [-0.1, -0.05) is 0 Å². The molecule has 0 saturated carbocycles. The number of H-pyrrole nitrogens is 2. The first-order valence-electron chi connectivity index (χ1n) is 2.49. The van der Waals surface area contributed by atoms with Gasteiger partial charge < -0.3 is 4.98 Å². The fraction of sp³-hybridized carbons (Fsp3) is 0.200. The summed E-state index contributed by atoms with van der Waals surface area (Å²) in [7, 11) is 0. The van der Waals surface area contributed by atoms with Crippen LogP contribution in [0.2, 0.25) is 0 Å². The Hall–Kier alpha value is -0.900. The van der Waals surface area contributed by atoms with Gasteiger partial charge in [-0.2, -0.15) is 0 Å². The van der Waals surface area contributed by atoms with Gasteiger partial charge in [-0.3, -0.25) is 9.78 Å². The Bertz CT molecular complexity index is 283. The van der Waals surface area contributed by atoms with Crippen molar-refractivity contribution in [3.8, 4) is 0 Å². The standard InChI is InChI=1S/C5H6N2OS/c1-3-2-4(8)7-5(9)6-3/h2H,1H3,(H2,6,7,8,9)/i1+1,2+1,3+1,4+1. The van der Waals surface area contributed by atoms with Gasteiger partial charge >= 0.3 is 0 Å². The van der Waals surface area contributed by atoms with E-state index in [4.69, 9.17) is 0 Å². The molecular formula is C5H6N2OS. The molecule has 0 fully saturated rings. The molecule has 1 aromatic rings. The van der Waals surface area contributed by atoms with E-state index >= 15 is 0 Å². The zero-order valence-electron chi connectivity index (χ0n) is 4.89. The molecule has 0 aromatic carbocycles. The zero-order chi connectivity index (χ0) is 6.85. The molecule has 0 amide bonds. The molecule has 0 aliphatic rings. The van der Waals surface area contributed by atoms with Crippen molar-refractivity contribution in [3.05, 3.63) is 26.9 Å². The Morgan fingerprint density at radius 1 is 1.56 bits per heavy atom. The third-order valence-electron chi connectivity index (χ3n) is 0.895. The Morgan fingerprint density at radius 3 is 2.67 bits per heavy atom. The average molecular weight is 146 g/mol. The number of rotatable bonds is 0. The third kappa shape index (κ3) is 1.50. The van der Waals surface area contributed by atoms with Crippen LogP contribution in [0.4, 0.5) is 0 Å². The van der Waals surface area contributed by atoms with E-state index in [1.165, 1.54) is 6.07 Å². The van der Waals surface area contributed by atoms with Crippen molar-refractivity contribution >= 4 is 12.2 Å². The van der Waals surface area contributed by atoms with Crippen LogP contribution in [-0.2, 0) is 0 Å². The predicted octanol–water partition coefficient (Wildman–Crippen LogP) is 0.741. The largest absolute Gasteiger partial charge is 0.336 e. The highest BCUT2D eigenvalue weighted by Crippen LogP contribution is 1.81. The highest BCUT2D eigenvalue weighted by molar-refractivity contribution is 7.71. The maximum absolute atomic E-state index is 10.6. The summed E-state index contributed by atoms with van der Waals surface area (Å²) >= 11 is 4.68. The van der Waals surface area contributed by atoms with Crippen LogP contribution in [0.3, 0.4) is 0 Å². The number of hydrogen-bond donors (Lipinski definition) is 2. The molecule has 0 spiro atoms. The second-order valence-corrected chi connectivity index (χ2v) is 2.18. The first-order valence-corrected chi connectivity index (χ1v) is 2.89. The minimum atomic E-state index is -0.156. The van der Waals surface area contributed by atoms with Crippen molar-refractivity contribution in [1.82, 2.24) is 9.97 Å². The Kier molecular flexibility index (Phi) is 1.48. The molecule has 1 heterocycles. The minimum Gasteiger partial charge on any atom is -0.336 e. The topological polar surface area (TPSA) is 48.6 Å². The maximum atomic E-state index is 10.6. The lowest BCUT2D eigenvalue weighted by atomic mass is 11.2. The summed E-state index contributed by atoms with van der Waals surface area (Å²) in [5.41, 5.74) is 0.625. The smallest absolute Gasteiger partial charge is 0.251 e. The summed E-state index contributed by atoms with van der Waals surface area (Å²) in [4.78, 5) is 15.8. The Morgan fingerprint density at radius 2 is 2.22 bits per heavy atom. The highest BCUT2D eigenvalue weighted by atomic mass is 32.1. The van der Waals surface area contributed by atoms with E-state index < -0.39 is 0 Å². The highest BCUT2D eigenvalue weighted by Gasteiger charge is 1.83. The lowest BCUT2D eigenvalue weighted by Crippen LogP contribution is -2.05. The van der Waals surface area contributed by atoms with Gasteiger partial charge in [0.2, 0.25) is 0 Å². The van der Waals surface area contributed by atoms with Crippen molar-refractivity contribution < 1.29 is 0 Å². The number of aryl methyl sites for hydroxylation is 1. The van der Waals surface area contributed by atoms with Gasteiger partial charge in [0, 0.05) is 11.8 Å². The maximum Gasteiger partial charge on any atom is 0.251 e. The normalized spacial score (nSPS) is 9.44. The number of aromatic nitrogens is 2. The molecule has 0 saturated heterocycles. The number of hydrogen-bond acceptors (Lipinski definition) is 2. The van der Waals surface area contributed by atoms with E-state index in [0.717, 1.165) is 5.69 Å². The van der Waals surface area contributed by atoms with Gasteiger partial charge in [-0.15, -0.1) is 0 Å². The van der Waals surface area contributed by atoms with E-state index in [9.17, 15) is 4.79 Å². The van der Waals surface area contributed by atoms with Gasteiger partial charge in [0.15, 0.2) is 4.77 Å². The predicted molar refractivity (Wildman–Crippen MR) is 37.0 cm³/mol. The number of aromatic amines is 2. The van der Waals surface area contributed by atoms with Crippen LogP contribution >= 0.6 is 12.2 Å². The van der Waals surface area contributed by atoms with Gasteiger partial charge in [0.25, 0.3) is 5.56 Å². The molecular weight excluding hydrogens is 140 g/mol. The van der Waals surface area contributed by atoms with Crippen LogP contribution in [-0.4, -0.2) is 9.97 Å². The molecule has 4 heteroatoms. The van der Waals surface area contributed by atoms with Crippen molar-refractivity contribution in [2.45, 2.75) is 6.92 Å². The van der Waals surface area contributed by atoms with Crippen LogP contribution in [0.25, 0.3) is 0 Å². The number of nitrogens with one attached hydrogen (secondary N) is 2. The lowest BCUT2D eigenvalue weighted by Gasteiger charge is -1.87. The quantitative estimate of drug-likeness (QED) is 0.419. The second kappa shape index (κ2) is 2.14. The second-order valence-electron chi connectivity index (χ2n) is 1.77. The summed E-state index contributed by atoms with van der Waals surface area (Å²) in [5.74, 6) is 0. The van der Waals surface area contributed by atoms with Crippen molar-refractivity contribution in [2.24, 2.45) is 0 Å². The molecule has 48 valence electrons. The van der Waals surface area contributed by atoms with Crippen molar-refractivity contribution in [2.75, 3.05) is 0 Å². The van der Waals surface area contributed by atoms with Crippen LogP contribution in [0.15, 0.2) is 10.9 Å². The molecule has 0 atom stereocenters. The first-order chi connectivity index (χ1) is 4.18. The fourth-order valence-corrected chi connectivity index (χ4v) is 0.853. The molecule has 0 unspecified atom stereocenters. The molecule has 3 nitrogen and oxygen atoms in total. The average Bonchev–Trinajstić information content (AvgIpc) is 1.59. The van der Waals surface area contributed by atoms with E-state index in [1.54, 1.807) is 6.92 Å². The van der Waals surface area contributed by atoms with Crippen LogP contribution in [0.1, 0.15) is 5.69 Å². The van der Waals surface area contributed by atoms with E-state index in [-0.39, 0.29) is 5.56 Å². The minimum absolute atomic E-state index is 0.156. The molecule has 0 radical (unpaired) electrons. The first kappa shape index (κ1) is 6.22. The molecule has 1 aromatic heterocycles. The molecule has 1 rings (SSSR count). The van der Waals surface area contributed by atoms with E-state index in [0.29, 0.717) is 4.77 Å². The summed E-state index contributed by atoms with van der Waals surface area (Å²) < 4.78 is 0.375. The summed E-state index contributed by atoms with van der Waals surface area (Å²) in [6, 6.07) is 1.45.